The molecule has 9 heteroatoms. The molecule has 5 aliphatic carbocycles. The van der Waals surface area contributed by atoms with Gasteiger partial charge in [-0.05, 0) is 76.0 Å². The average molecular weight is 517 g/mol. The van der Waals surface area contributed by atoms with Crippen LogP contribution < -0.4 is 10.6 Å². The van der Waals surface area contributed by atoms with Gasteiger partial charge >= 0.3 is 0 Å². The number of aliphatic hydroxyl groups is 1. The number of carbonyl (C=O) groups is 2. The number of aliphatic hydroxyl groups excluding tert-OH is 1. The van der Waals surface area contributed by atoms with Gasteiger partial charge in [-0.15, -0.1) is 11.6 Å². The maximum absolute atomic E-state index is 13.8. The predicted molar refractivity (Wildman–Crippen MR) is 131 cm³/mol. The van der Waals surface area contributed by atoms with Gasteiger partial charge in [0.05, 0.1) is 29.2 Å². The van der Waals surface area contributed by atoms with E-state index in [9.17, 15) is 19.1 Å². The zero-order chi connectivity index (χ0) is 25.2. The third-order valence-electron chi connectivity index (χ3n) is 9.21. The first kappa shape index (κ1) is 27.1. The molecule has 5 rings (SSSR count). The standard InChI is InChI=1S/C26H42ClFN2O5/c1-16-3-4-18(11-17(16)2)34-15-24(33)30-26-9-7-25(8-10-26,13-22(26)31)29-23(32)14-35-19-5-6-20(27)21(28)12-19/h16-22,31H,3-15H2,1-2H3,(H,29,32)(H,30,33)/t16?,17?,18?,19?,20?,21?,22-,25?,26?/m0/s1. The highest BCUT2D eigenvalue weighted by Crippen LogP contribution is 2.47. The van der Waals surface area contributed by atoms with Crippen LogP contribution in [0.5, 0.6) is 0 Å². The number of fused-ring (bicyclic) bond motifs is 3. The lowest BCUT2D eigenvalue weighted by molar-refractivity contribution is -0.142. The minimum atomic E-state index is -1.10. The van der Waals surface area contributed by atoms with Crippen molar-refractivity contribution in [1.82, 2.24) is 10.6 Å². The van der Waals surface area contributed by atoms with E-state index in [4.69, 9.17) is 21.1 Å². The summed E-state index contributed by atoms with van der Waals surface area (Å²) in [5.41, 5.74) is -1.15. The molecule has 7 nitrogen and oxygen atoms in total. The molecule has 5 saturated carbocycles. The SMILES string of the molecule is CC1CCC(OCC(=O)NC23CCC(NC(=O)COC4CCC(Cl)C(F)C4)(CC2)C[C@@H]3O)CC1C. The monoisotopic (exact) mass is 516 g/mol. The molecular weight excluding hydrogens is 475 g/mol. The largest absolute Gasteiger partial charge is 0.391 e. The summed E-state index contributed by atoms with van der Waals surface area (Å²) in [6.45, 7) is 4.40. The molecule has 5 fully saturated rings. The Balaban J connectivity index is 1.20. The van der Waals surface area contributed by atoms with Gasteiger partial charge < -0.3 is 25.2 Å². The van der Waals surface area contributed by atoms with Crippen molar-refractivity contribution < 1.29 is 28.6 Å². The maximum atomic E-state index is 13.8. The molecule has 3 N–H and O–H groups in total. The average Bonchev–Trinajstić information content (AvgIpc) is 2.82. The van der Waals surface area contributed by atoms with Crippen LogP contribution in [0.2, 0.25) is 0 Å². The fourth-order valence-electron chi connectivity index (χ4n) is 6.54. The smallest absolute Gasteiger partial charge is 0.246 e. The first-order chi connectivity index (χ1) is 16.6. The van der Waals surface area contributed by atoms with Crippen LogP contribution in [0.3, 0.4) is 0 Å². The number of nitrogens with one attached hydrogen (secondary N) is 2. The van der Waals surface area contributed by atoms with Gasteiger partial charge in [0.2, 0.25) is 11.8 Å². The van der Waals surface area contributed by atoms with Crippen molar-refractivity contribution in [3.05, 3.63) is 0 Å². The summed E-state index contributed by atoms with van der Waals surface area (Å²) in [5.74, 6) is 0.871. The molecule has 0 saturated heterocycles. The quantitative estimate of drug-likeness (QED) is 0.430. The molecule has 5 aliphatic rings. The fourth-order valence-corrected chi connectivity index (χ4v) is 6.77. The van der Waals surface area contributed by atoms with E-state index in [1.165, 1.54) is 0 Å². The lowest BCUT2D eigenvalue weighted by Crippen LogP contribution is -2.70. The Morgan fingerprint density at radius 3 is 2.11 bits per heavy atom. The van der Waals surface area contributed by atoms with E-state index in [2.05, 4.69) is 24.5 Å². The Morgan fingerprint density at radius 1 is 0.914 bits per heavy atom. The Bertz CT molecular complexity index is 762. The molecule has 2 amide bonds. The van der Waals surface area contributed by atoms with E-state index in [1.54, 1.807) is 0 Å². The molecule has 2 bridgehead atoms. The molecule has 0 radical (unpaired) electrons. The van der Waals surface area contributed by atoms with Crippen LogP contribution in [-0.4, -0.2) is 71.1 Å². The Kier molecular flexibility index (Phi) is 8.66. The van der Waals surface area contributed by atoms with Crippen LogP contribution in [0.1, 0.15) is 84.5 Å². The molecular formula is C26H42ClFN2O5. The normalized spacial score (nSPS) is 43.5. The van der Waals surface area contributed by atoms with Crippen molar-refractivity contribution in [2.75, 3.05) is 13.2 Å². The second-order valence-corrected chi connectivity index (χ2v) is 12.3. The van der Waals surface area contributed by atoms with Crippen LogP contribution in [0, 0.1) is 11.8 Å². The lowest BCUT2D eigenvalue weighted by Gasteiger charge is -2.56. The highest BCUT2D eigenvalue weighted by molar-refractivity contribution is 6.21. The van der Waals surface area contributed by atoms with Gasteiger partial charge in [-0.2, -0.15) is 0 Å². The van der Waals surface area contributed by atoms with E-state index in [-0.39, 0.29) is 43.7 Å². The van der Waals surface area contributed by atoms with E-state index in [0.29, 0.717) is 56.8 Å². The van der Waals surface area contributed by atoms with Crippen LogP contribution in [0.15, 0.2) is 0 Å². The molecule has 0 aromatic heterocycles. The summed E-state index contributed by atoms with van der Waals surface area (Å²) in [7, 11) is 0. The summed E-state index contributed by atoms with van der Waals surface area (Å²) in [6, 6.07) is 0. The van der Waals surface area contributed by atoms with Crippen LogP contribution >= 0.6 is 11.6 Å². The molecule has 0 aromatic carbocycles. The van der Waals surface area contributed by atoms with Gasteiger partial charge in [0, 0.05) is 12.0 Å². The third-order valence-corrected chi connectivity index (χ3v) is 9.70. The minimum absolute atomic E-state index is 0.0187. The number of rotatable bonds is 8. The van der Waals surface area contributed by atoms with Crippen molar-refractivity contribution in [1.29, 1.82) is 0 Å². The number of alkyl halides is 2. The number of hydrogen-bond acceptors (Lipinski definition) is 5. The molecule has 7 atom stereocenters. The van der Waals surface area contributed by atoms with Gasteiger partial charge in [-0.25, -0.2) is 4.39 Å². The molecule has 35 heavy (non-hydrogen) atoms. The molecule has 0 aromatic rings. The molecule has 6 unspecified atom stereocenters. The summed E-state index contributed by atoms with van der Waals surface area (Å²) >= 11 is 5.92. The van der Waals surface area contributed by atoms with Crippen molar-refractivity contribution in [3.8, 4) is 0 Å². The Morgan fingerprint density at radius 2 is 1.51 bits per heavy atom. The van der Waals surface area contributed by atoms with Crippen LogP contribution in [0.25, 0.3) is 0 Å². The highest BCUT2D eigenvalue weighted by Gasteiger charge is 2.55. The van der Waals surface area contributed by atoms with Gasteiger partial charge in [0.15, 0.2) is 0 Å². The van der Waals surface area contributed by atoms with Gasteiger partial charge in [0.1, 0.15) is 19.4 Å². The lowest BCUT2D eigenvalue weighted by atomic mass is 9.60. The fraction of sp³-hybridized carbons (Fsp3) is 0.923. The zero-order valence-corrected chi connectivity index (χ0v) is 21.8. The van der Waals surface area contributed by atoms with E-state index in [0.717, 1.165) is 19.3 Å². The predicted octanol–water partition coefficient (Wildman–Crippen LogP) is 3.39. The van der Waals surface area contributed by atoms with Crippen molar-refractivity contribution in [3.63, 3.8) is 0 Å². The maximum Gasteiger partial charge on any atom is 0.246 e. The van der Waals surface area contributed by atoms with Crippen molar-refractivity contribution in [2.45, 2.75) is 125 Å². The van der Waals surface area contributed by atoms with Crippen molar-refractivity contribution in [2.24, 2.45) is 11.8 Å². The number of carbonyl (C=O) groups excluding carboxylic acids is 2. The molecule has 0 heterocycles. The number of halogens is 2. The molecule has 200 valence electrons. The second-order valence-electron chi connectivity index (χ2n) is 11.7. The zero-order valence-electron chi connectivity index (χ0n) is 21.1. The van der Waals surface area contributed by atoms with Gasteiger partial charge in [-0.1, -0.05) is 13.8 Å². The number of hydrogen-bond donors (Lipinski definition) is 3. The first-order valence-corrected chi connectivity index (χ1v) is 13.8. The van der Waals surface area contributed by atoms with Crippen LogP contribution in [-0.2, 0) is 19.1 Å². The molecule has 0 spiro atoms. The van der Waals surface area contributed by atoms with E-state index < -0.39 is 28.7 Å². The summed E-state index contributed by atoms with van der Waals surface area (Å²) < 4.78 is 25.4. The van der Waals surface area contributed by atoms with E-state index >= 15 is 0 Å². The summed E-state index contributed by atoms with van der Waals surface area (Å²) in [6.07, 6.45) is 5.44. The van der Waals surface area contributed by atoms with Crippen molar-refractivity contribution >= 4 is 23.4 Å². The number of amides is 2. The minimum Gasteiger partial charge on any atom is -0.391 e. The first-order valence-electron chi connectivity index (χ1n) is 13.4. The topological polar surface area (TPSA) is 96.9 Å². The second kappa shape index (κ2) is 11.2. The Hall–Kier alpha value is -0.960. The molecule has 0 aliphatic heterocycles. The summed E-state index contributed by atoms with van der Waals surface area (Å²) in [5, 5.41) is 16.6. The Labute approximate surface area is 213 Å². The third kappa shape index (κ3) is 6.49. The van der Waals surface area contributed by atoms with Crippen LogP contribution in [0.4, 0.5) is 4.39 Å². The van der Waals surface area contributed by atoms with E-state index in [1.807, 2.05) is 0 Å². The summed E-state index contributed by atoms with van der Waals surface area (Å²) in [4.78, 5) is 25.3. The van der Waals surface area contributed by atoms with Gasteiger partial charge in [-0.3, -0.25) is 9.59 Å². The highest BCUT2D eigenvalue weighted by atomic mass is 35.5. The number of ether oxygens (including phenoxy) is 2. The van der Waals surface area contributed by atoms with Gasteiger partial charge in [0.25, 0.3) is 0 Å².